The lowest BCUT2D eigenvalue weighted by Crippen LogP contribution is -2.38. The third-order valence-corrected chi connectivity index (χ3v) is 5.87. The van der Waals surface area contributed by atoms with Crippen molar-refractivity contribution < 1.29 is 9.53 Å². The molecule has 1 aromatic carbocycles. The van der Waals surface area contributed by atoms with Crippen LogP contribution in [0.15, 0.2) is 36.5 Å². The third-order valence-electron chi connectivity index (χ3n) is 5.87. The highest BCUT2D eigenvalue weighted by Gasteiger charge is 2.17. The number of carbonyl (C=O) groups is 1. The summed E-state index contributed by atoms with van der Waals surface area (Å²) in [7, 11) is 0. The van der Waals surface area contributed by atoms with Gasteiger partial charge in [0, 0.05) is 54.7 Å². The molecule has 2 aromatic heterocycles. The van der Waals surface area contributed by atoms with E-state index in [2.05, 4.69) is 53.6 Å². The van der Waals surface area contributed by atoms with Crippen LogP contribution in [0.25, 0.3) is 10.9 Å². The van der Waals surface area contributed by atoms with Crippen LogP contribution < -0.4 is 5.32 Å². The Bertz CT molecular complexity index is 1040. The predicted molar refractivity (Wildman–Crippen MR) is 124 cm³/mol. The maximum absolute atomic E-state index is 12.9. The van der Waals surface area contributed by atoms with Crippen molar-refractivity contribution in [2.75, 3.05) is 38.2 Å². The molecule has 4 rings (SSSR count). The van der Waals surface area contributed by atoms with Gasteiger partial charge in [-0.05, 0) is 43.4 Å². The van der Waals surface area contributed by atoms with Gasteiger partial charge in [0.2, 0.25) is 0 Å². The van der Waals surface area contributed by atoms with Gasteiger partial charge in [-0.25, -0.2) is 0 Å². The molecule has 3 aromatic rings. The topological polar surface area (TPSA) is 64.3 Å². The average Bonchev–Trinajstić information content (AvgIpc) is 3.36. The Morgan fingerprint density at radius 2 is 1.87 bits per heavy atom. The quantitative estimate of drug-likeness (QED) is 0.621. The van der Waals surface area contributed by atoms with Crippen LogP contribution >= 0.6 is 0 Å². The lowest BCUT2D eigenvalue weighted by Gasteiger charge is -2.26. The van der Waals surface area contributed by atoms with E-state index in [4.69, 9.17) is 4.74 Å². The molecule has 1 aliphatic heterocycles. The van der Waals surface area contributed by atoms with Crippen LogP contribution in [0.1, 0.15) is 55.7 Å². The molecule has 0 saturated carbocycles. The number of fused-ring (bicyclic) bond motifs is 1. The Morgan fingerprint density at radius 3 is 2.58 bits per heavy atom. The molecule has 7 heteroatoms. The first-order valence-electron chi connectivity index (χ1n) is 11.2. The highest BCUT2D eigenvalue weighted by atomic mass is 16.5. The van der Waals surface area contributed by atoms with Gasteiger partial charge >= 0.3 is 0 Å². The fraction of sp³-hybridized carbons (Fsp3) is 0.500. The number of nitrogens with zero attached hydrogens (tertiary/aromatic N) is 4. The normalized spacial score (nSPS) is 15.3. The monoisotopic (exact) mass is 423 g/mol. The molecule has 1 fully saturated rings. The average molecular weight is 424 g/mol. The highest BCUT2D eigenvalue weighted by Crippen LogP contribution is 2.29. The molecule has 0 radical (unpaired) electrons. The van der Waals surface area contributed by atoms with E-state index in [9.17, 15) is 4.79 Å². The highest BCUT2D eigenvalue weighted by molar-refractivity contribution is 6.05. The van der Waals surface area contributed by atoms with Crippen LogP contribution in [0.5, 0.6) is 0 Å². The Morgan fingerprint density at radius 1 is 1.10 bits per heavy atom. The van der Waals surface area contributed by atoms with E-state index in [1.165, 1.54) is 11.1 Å². The second kappa shape index (κ2) is 9.24. The van der Waals surface area contributed by atoms with Crippen molar-refractivity contribution in [3.05, 3.63) is 47.8 Å². The zero-order valence-electron chi connectivity index (χ0n) is 19.0. The molecule has 0 bridgehead atoms. The lowest BCUT2D eigenvalue weighted by molar-refractivity contribution is 0.0360. The van der Waals surface area contributed by atoms with Gasteiger partial charge < -0.3 is 14.6 Å². The zero-order valence-corrected chi connectivity index (χ0v) is 19.0. The van der Waals surface area contributed by atoms with Crippen LogP contribution in [-0.2, 0) is 11.3 Å². The zero-order chi connectivity index (χ0) is 22.0. The number of anilines is 1. The van der Waals surface area contributed by atoms with Crippen LogP contribution in [-0.4, -0.2) is 58.0 Å². The van der Waals surface area contributed by atoms with Gasteiger partial charge in [0.25, 0.3) is 5.91 Å². The number of aromatic nitrogens is 3. The number of benzene rings is 1. The smallest absolute Gasteiger partial charge is 0.256 e. The Labute approximate surface area is 184 Å². The largest absolute Gasteiger partial charge is 0.379 e. The van der Waals surface area contributed by atoms with Gasteiger partial charge in [0.15, 0.2) is 5.82 Å². The van der Waals surface area contributed by atoms with Gasteiger partial charge in [-0.15, -0.1) is 0 Å². The molecular weight excluding hydrogens is 390 g/mol. The van der Waals surface area contributed by atoms with Crippen molar-refractivity contribution >= 4 is 22.6 Å². The standard InChI is InChI=1S/C24H33N5O2/c1-17(2)21-15-19-5-6-20(16-22(19)29(21)18(3)4)24(30)25-23-7-8-28(26-23)10-9-27-11-13-31-14-12-27/h5-8,15-18H,9-14H2,1-4H3,(H,25,26,30). The van der Waals surface area contributed by atoms with Gasteiger partial charge in [0.1, 0.15) is 0 Å². The van der Waals surface area contributed by atoms with E-state index in [1.54, 1.807) is 0 Å². The number of hydrogen-bond donors (Lipinski definition) is 1. The minimum absolute atomic E-state index is 0.136. The van der Waals surface area contributed by atoms with Gasteiger partial charge in [0.05, 0.1) is 19.8 Å². The summed E-state index contributed by atoms with van der Waals surface area (Å²) in [5.74, 6) is 0.866. The number of carbonyl (C=O) groups excluding carboxylic acids is 1. The number of ether oxygens (including phenoxy) is 1. The van der Waals surface area contributed by atoms with E-state index in [-0.39, 0.29) is 5.91 Å². The van der Waals surface area contributed by atoms with E-state index in [0.717, 1.165) is 44.9 Å². The molecule has 31 heavy (non-hydrogen) atoms. The van der Waals surface area contributed by atoms with Crippen molar-refractivity contribution in [1.29, 1.82) is 0 Å². The van der Waals surface area contributed by atoms with Crippen molar-refractivity contribution in [1.82, 2.24) is 19.2 Å². The Kier molecular flexibility index (Phi) is 6.43. The summed E-state index contributed by atoms with van der Waals surface area (Å²) >= 11 is 0. The summed E-state index contributed by atoms with van der Waals surface area (Å²) in [4.78, 5) is 15.3. The molecular formula is C24H33N5O2. The number of rotatable bonds is 7. The van der Waals surface area contributed by atoms with Crippen LogP contribution in [0.2, 0.25) is 0 Å². The molecule has 3 heterocycles. The van der Waals surface area contributed by atoms with E-state index >= 15 is 0 Å². The second-order valence-corrected chi connectivity index (χ2v) is 8.83. The molecule has 1 aliphatic rings. The molecule has 1 N–H and O–H groups in total. The summed E-state index contributed by atoms with van der Waals surface area (Å²) in [5.41, 5.74) is 3.04. The van der Waals surface area contributed by atoms with Crippen LogP contribution in [0.4, 0.5) is 5.82 Å². The van der Waals surface area contributed by atoms with Crippen molar-refractivity contribution in [3.8, 4) is 0 Å². The number of amides is 1. The molecule has 1 saturated heterocycles. The summed E-state index contributed by atoms with van der Waals surface area (Å²) in [5, 5.41) is 8.63. The van der Waals surface area contributed by atoms with Crippen molar-refractivity contribution in [3.63, 3.8) is 0 Å². The third kappa shape index (κ3) is 4.83. The van der Waals surface area contributed by atoms with E-state index in [0.29, 0.717) is 23.3 Å². The summed E-state index contributed by atoms with van der Waals surface area (Å²) < 4.78 is 9.60. The molecule has 0 unspecified atom stereocenters. The summed E-state index contributed by atoms with van der Waals surface area (Å²) in [6.07, 6.45) is 1.91. The van der Waals surface area contributed by atoms with Crippen LogP contribution in [0.3, 0.4) is 0 Å². The molecule has 1 amide bonds. The Hall–Kier alpha value is -2.64. The molecule has 0 aliphatic carbocycles. The number of morpholine rings is 1. The fourth-order valence-corrected chi connectivity index (χ4v) is 4.21. The minimum atomic E-state index is -0.136. The maximum Gasteiger partial charge on any atom is 0.256 e. The molecule has 166 valence electrons. The van der Waals surface area contributed by atoms with E-state index < -0.39 is 0 Å². The molecule has 0 spiro atoms. The van der Waals surface area contributed by atoms with Gasteiger partial charge in [-0.2, -0.15) is 5.10 Å². The number of nitrogens with one attached hydrogen (secondary N) is 1. The maximum atomic E-state index is 12.9. The van der Waals surface area contributed by atoms with Gasteiger partial charge in [-0.1, -0.05) is 19.9 Å². The fourth-order valence-electron chi connectivity index (χ4n) is 4.21. The van der Waals surface area contributed by atoms with Crippen molar-refractivity contribution in [2.24, 2.45) is 0 Å². The SMILES string of the molecule is CC(C)c1cc2ccc(C(=O)Nc3ccn(CCN4CCOCC4)n3)cc2n1C(C)C. The summed E-state index contributed by atoms with van der Waals surface area (Å²) in [6.45, 7) is 14.0. The number of hydrogen-bond acceptors (Lipinski definition) is 4. The van der Waals surface area contributed by atoms with E-state index in [1.807, 2.05) is 35.1 Å². The predicted octanol–water partition coefficient (Wildman–Crippen LogP) is 4.13. The minimum Gasteiger partial charge on any atom is -0.379 e. The van der Waals surface area contributed by atoms with Gasteiger partial charge in [-0.3, -0.25) is 14.4 Å². The van der Waals surface area contributed by atoms with Crippen LogP contribution in [0, 0.1) is 0 Å². The first kappa shape index (κ1) is 21.6. The van der Waals surface area contributed by atoms with Crippen molar-refractivity contribution in [2.45, 2.75) is 46.2 Å². The Balaban J connectivity index is 1.46. The summed E-state index contributed by atoms with van der Waals surface area (Å²) in [6, 6.07) is 10.3. The first-order valence-corrected chi connectivity index (χ1v) is 11.2. The first-order chi connectivity index (χ1) is 14.9. The molecule has 0 atom stereocenters. The lowest BCUT2D eigenvalue weighted by atomic mass is 10.1. The molecule has 7 nitrogen and oxygen atoms in total. The second-order valence-electron chi connectivity index (χ2n) is 8.83.